The van der Waals surface area contributed by atoms with Crippen molar-refractivity contribution in [2.75, 3.05) is 6.61 Å². The molecule has 0 spiro atoms. The molecule has 3 N–H and O–H groups in total. The van der Waals surface area contributed by atoms with Crippen LogP contribution in [0, 0.1) is 0 Å². The summed E-state index contributed by atoms with van der Waals surface area (Å²) in [4.78, 5) is 11.0. The number of hydrogen-bond donors (Lipinski definition) is 2. The molecule has 3 heteroatoms. The van der Waals surface area contributed by atoms with Gasteiger partial charge in [0, 0.05) is 11.8 Å². The lowest BCUT2D eigenvalue weighted by atomic mass is 10.0. The van der Waals surface area contributed by atoms with Gasteiger partial charge in [0.1, 0.15) is 6.61 Å². The number of ketones is 1. The number of hydrogen-bond acceptors (Lipinski definition) is 3. The Morgan fingerprint density at radius 3 is 2.38 bits per heavy atom. The fourth-order valence-electron chi connectivity index (χ4n) is 1.36. The minimum Gasteiger partial charge on any atom is -0.398 e. The van der Waals surface area contributed by atoms with Crippen LogP contribution in [0.2, 0.25) is 0 Å². The molecule has 16 heavy (non-hydrogen) atoms. The van der Waals surface area contributed by atoms with Gasteiger partial charge in [-0.15, -0.1) is 0 Å². The van der Waals surface area contributed by atoms with E-state index in [4.69, 9.17) is 10.8 Å². The van der Waals surface area contributed by atoms with E-state index in [1.165, 1.54) is 11.6 Å². The highest BCUT2D eigenvalue weighted by Crippen LogP contribution is 2.17. The van der Waals surface area contributed by atoms with Crippen molar-refractivity contribution in [1.29, 1.82) is 0 Å². The lowest BCUT2D eigenvalue weighted by Gasteiger charge is -2.06. The summed E-state index contributed by atoms with van der Waals surface area (Å²) >= 11 is 0. The van der Waals surface area contributed by atoms with Gasteiger partial charge in [0.25, 0.3) is 0 Å². The van der Waals surface area contributed by atoms with E-state index in [1.807, 2.05) is 24.3 Å². The van der Waals surface area contributed by atoms with Gasteiger partial charge in [-0.1, -0.05) is 38.1 Å². The average Bonchev–Trinajstić information content (AvgIpc) is 2.28. The van der Waals surface area contributed by atoms with Gasteiger partial charge in [0.15, 0.2) is 5.78 Å². The summed E-state index contributed by atoms with van der Waals surface area (Å²) in [5, 5.41) is 8.60. The molecule has 1 aromatic carbocycles. The molecule has 0 amide bonds. The van der Waals surface area contributed by atoms with Crippen LogP contribution >= 0.6 is 0 Å². The number of carbonyl (C=O) groups excluding carboxylic acids is 1. The molecule has 0 aliphatic heterocycles. The third-order valence-electron chi connectivity index (χ3n) is 2.38. The number of nitrogens with two attached hydrogens (primary N) is 1. The van der Waals surface area contributed by atoms with Crippen LogP contribution in [-0.4, -0.2) is 17.5 Å². The second-order valence-electron chi connectivity index (χ2n) is 4.00. The Hall–Kier alpha value is -1.61. The predicted octanol–water partition coefficient (Wildman–Crippen LogP) is 1.67. The van der Waals surface area contributed by atoms with Gasteiger partial charge in [-0.25, -0.2) is 0 Å². The number of benzene rings is 1. The maximum absolute atomic E-state index is 11.0. The summed E-state index contributed by atoms with van der Waals surface area (Å²) in [5.74, 6) is 0.0868. The van der Waals surface area contributed by atoms with Crippen molar-refractivity contribution in [3.05, 3.63) is 41.5 Å². The second kappa shape index (κ2) is 5.47. The maximum atomic E-state index is 11.0. The van der Waals surface area contributed by atoms with E-state index >= 15 is 0 Å². The van der Waals surface area contributed by atoms with Gasteiger partial charge in [-0.05, 0) is 17.0 Å². The molecule has 0 radical (unpaired) electrons. The van der Waals surface area contributed by atoms with Gasteiger partial charge in [-0.3, -0.25) is 4.79 Å². The Labute approximate surface area is 95.6 Å². The van der Waals surface area contributed by atoms with Crippen molar-refractivity contribution in [3.63, 3.8) is 0 Å². The van der Waals surface area contributed by atoms with Crippen LogP contribution in [0.3, 0.4) is 0 Å². The molecule has 86 valence electrons. The van der Waals surface area contributed by atoms with Crippen molar-refractivity contribution in [2.24, 2.45) is 5.73 Å². The molecule has 0 unspecified atom stereocenters. The van der Waals surface area contributed by atoms with Crippen LogP contribution in [0.4, 0.5) is 0 Å². The van der Waals surface area contributed by atoms with Gasteiger partial charge >= 0.3 is 0 Å². The standard InChI is InChI=1S/C13H17NO2/c1-9(2)10-3-5-11(6-4-10)13(14)7-12(16)8-15/h3-7,9,15H,8,14H2,1-2H3/b13-7-. The maximum Gasteiger partial charge on any atom is 0.183 e. The number of rotatable bonds is 4. The highest BCUT2D eigenvalue weighted by molar-refractivity contribution is 5.96. The van der Waals surface area contributed by atoms with Crippen LogP contribution < -0.4 is 5.73 Å². The fourth-order valence-corrected chi connectivity index (χ4v) is 1.36. The fraction of sp³-hybridized carbons (Fsp3) is 0.308. The zero-order valence-electron chi connectivity index (χ0n) is 9.60. The van der Waals surface area contributed by atoms with Crippen LogP contribution in [0.25, 0.3) is 5.70 Å². The van der Waals surface area contributed by atoms with E-state index in [0.29, 0.717) is 11.6 Å². The zero-order chi connectivity index (χ0) is 12.1. The molecular weight excluding hydrogens is 202 g/mol. The van der Waals surface area contributed by atoms with E-state index in [1.54, 1.807) is 0 Å². The molecule has 0 saturated carbocycles. The van der Waals surface area contributed by atoms with E-state index in [2.05, 4.69) is 13.8 Å². The van der Waals surface area contributed by atoms with Crippen molar-refractivity contribution in [2.45, 2.75) is 19.8 Å². The predicted molar refractivity (Wildman–Crippen MR) is 64.8 cm³/mol. The van der Waals surface area contributed by atoms with E-state index < -0.39 is 6.61 Å². The van der Waals surface area contributed by atoms with Gasteiger partial charge < -0.3 is 10.8 Å². The average molecular weight is 219 g/mol. The SMILES string of the molecule is CC(C)c1ccc(/C(N)=C/C(=O)CO)cc1. The number of aliphatic hydroxyl groups excluding tert-OH is 1. The first-order valence-electron chi connectivity index (χ1n) is 5.25. The largest absolute Gasteiger partial charge is 0.398 e. The molecule has 0 aliphatic carbocycles. The smallest absolute Gasteiger partial charge is 0.183 e. The lowest BCUT2D eigenvalue weighted by Crippen LogP contribution is -2.05. The number of aliphatic hydroxyl groups is 1. The second-order valence-corrected chi connectivity index (χ2v) is 4.00. The number of carbonyl (C=O) groups is 1. The third kappa shape index (κ3) is 3.21. The van der Waals surface area contributed by atoms with E-state index in [0.717, 1.165) is 5.56 Å². The monoisotopic (exact) mass is 219 g/mol. The highest BCUT2D eigenvalue weighted by Gasteiger charge is 2.02. The molecule has 0 saturated heterocycles. The molecular formula is C13H17NO2. The van der Waals surface area contributed by atoms with Gasteiger partial charge in [0.05, 0.1) is 0 Å². The van der Waals surface area contributed by atoms with Crippen LogP contribution in [0.15, 0.2) is 30.3 Å². The first-order chi connectivity index (χ1) is 7.54. The Morgan fingerprint density at radius 2 is 1.94 bits per heavy atom. The topological polar surface area (TPSA) is 63.3 Å². The normalized spacial score (nSPS) is 11.9. The quantitative estimate of drug-likeness (QED) is 0.757. The summed E-state index contributed by atoms with van der Waals surface area (Å²) in [6.45, 7) is 3.72. The minimum absolute atomic E-state index is 0.384. The van der Waals surface area contributed by atoms with E-state index in [-0.39, 0.29) is 5.78 Å². The Morgan fingerprint density at radius 1 is 1.38 bits per heavy atom. The zero-order valence-corrected chi connectivity index (χ0v) is 9.60. The molecule has 1 rings (SSSR count). The molecule has 0 aliphatic rings. The van der Waals surface area contributed by atoms with Gasteiger partial charge in [-0.2, -0.15) is 0 Å². The summed E-state index contributed by atoms with van der Waals surface area (Å²) in [6, 6.07) is 7.74. The molecule has 0 aromatic heterocycles. The third-order valence-corrected chi connectivity index (χ3v) is 2.38. The molecule has 3 nitrogen and oxygen atoms in total. The first kappa shape index (κ1) is 12.5. The Balaban J connectivity index is 2.89. The van der Waals surface area contributed by atoms with Crippen molar-refractivity contribution in [1.82, 2.24) is 0 Å². The van der Waals surface area contributed by atoms with Crippen molar-refractivity contribution < 1.29 is 9.90 Å². The van der Waals surface area contributed by atoms with Crippen molar-refractivity contribution in [3.8, 4) is 0 Å². The summed E-state index contributed by atoms with van der Waals surface area (Å²) < 4.78 is 0. The molecule has 0 heterocycles. The van der Waals surface area contributed by atoms with Crippen molar-refractivity contribution >= 4 is 11.5 Å². The van der Waals surface area contributed by atoms with Crippen LogP contribution in [0.5, 0.6) is 0 Å². The highest BCUT2D eigenvalue weighted by atomic mass is 16.3. The molecule has 0 bridgehead atoms. The summed E-state index contributed by atoms with van der Waals surface area (Å²) in [6.07, 6.45) is 1.25. The lowest BCUT2D eigenvalue weighted by molar-refractivity contribution is -0.117. The molecule has 0 fully saturated rings. The Kier molecular flexibility index (Phi) is 4.26. The van der Waals surface area contributed by atoms with Gasteiger partial charge in [0.2, 0.25) is 0 Å². The molecule has 0 atom stereocenters. The minimum atomic E-state index is -0.509. The summed E-state index contributed by atoms with van der Waals surface area (Å²) in [7, 11) is 0. The molecule has 1 aromatic rings. The Bertz CT molecular complexity index is 391. The van der Waals surface area contributed by atoms with E-state index in [9.17, 15) is 4.79 Å². The summed E-state index contributed by atoms with van der Waals surface area (Å²) in [5.41, 5.74) is 8.13. The van der Waals surface area contributed by atoms with Crippen LogP contribution in [0.1, 0.15) is 30.9 Å². The first-order valence-corrected chi connectivity index (χ1v) is 5.25. The van der Waals surface area contributed by atoms with Crippen LogP contribution in [-0.2, 0) is 4.79 Å².